The molecule has 4 heteroatoms. The Balaban J connectivity index is 1.38. The zero-order valence-corrected chi connectivity index (χ0v) is 17.5. The first-order valence-corrected chi connectivity index (χ1v) is 11.3. The van der Waals surface area contributed by atoms with E-state index in [1.165, 1.54) is 24.8 Å². The summed E-state index contributed by atoms with van der Waals surface area (Å²) in [6.45, 7) is 5.24. The van der Waals surface area contributed by atoms with Gasteiger partial charge in [0.25, 0.3) is 0 Å². The van der Waals surface area contributed by atoms with Crippen LogP contribution >= 0.6 is 0 Å². The van der Waals surface area contributed by atoms with Crippen LogP contribution in [0.4, 0.5) is 0 Å². The normalized spacial score (nSPS) is 48.8. The number of ketones is 2. The third-order valence-corrected chi connectivity index (χ3v) is 9.72. The molecule has 8 atom stereocenters. The third-order valence-electron chi connectivity index (χ3n) is 9.72. The lowest BCUT2D eigenvalue weighted by Gasteiger charge is -2.58. The molecule has 0 bridgehead atoms. The first-order valence-electron chi connectivity index (χ1n) is 11.3. The smallest absolute Gasteiger partial charge is 0.162 e. The molecule has 5 rings (SSSR count). The van der Waals surface area contributed by atoms with Crippen molar-refractivity contribution in [1.29, 1.82) is 0 Å². The summed E-state index contributed by atoms with van der Waals surface area (Å²) in [7, 11) is 1.59. The summed E-state index contributed by atoms with van der Waals surface area (Å²) in [5.74, 6) is 3.79. The molecule has 0 amide bonds. The van der Waals surface area contributed by atoms with E-state index in [2.05, 4.69) is 13.8 Å². The van der Waals surface area contributed by atoms with Gasteiger partial charge in [-0.2, -0.15) is 0 Å². The van der Waals surface area contributed by atoms with Gasteiger partial charge in [-0.1, -0.05) is 19.4 Å². The molecule has 0 aromatic rings. The van der Waals surface area contributed by atoms with Gasteiger partial charge < -0.3 is 9.47 Å². The molecule has 4 nitrogen and oxygen atoms in total. The van der Waals surface area contributed by atoms with Crippen LogP contribution in [0, 0.1) is 46.3 Å². The monoisotopic (exact) mass is 386 g/mol. The van der Waals surface area contributed by atoms with E-state index in [4.69, 9.17) is 9.47 Å². The van der Waals surface area contributed by atoms with Gasteiger partial charge in [0.1, 0.15) is 13.4 Å². The lowest BCUT2D eigenvalue weighted by atomic mass is 9.46. The Morgan fingerprint density at radius 2 is 1.96 bits per heavy atom. The van der Waals surface area contributed by atoms with Crippen molar-refractivity contribution in [3.63, 3.8) is 0 Å². The van der Waals surface area contributed by atoms with E-state index in [1.54, 1.807) is 7.11 Å². The van der Waals surface area contributed by atoms with Crippen molar-refractivity contribution in [2.75, 3.05) is 20.5 Å². The number of hydrogen-bond donors (Lipinski definition) is 0. The molecule has 0 spiro atoms. The Morgan fingerprint density at radius 1 is 1.14 bits per heavy atom. The number of Topliss-reactive ketones (excluding diaryl/α,β-unsaturated/α-hetero) is 1. The van der Waals surface area contributed by atoms with Crippen molar-refractivity contribution < 1.29 is 19.1 Å². The van der Waals surface area contributed by atoms with Gasteiger partial charge in [0, 0.05) is 18.9 Å². The lowest BCUT2D eigenvalue weighted by molar-refractivity contribution is -0.139. The molecule has 0 saturated heterocycles. The van der Waals surface area contributed by atoms with Crippen LogP contribution in [0.1, 0.15) is 58.8 Å². The van der Waals surface area contributed by atoms with E-state index >= 15 is 0 Å². The summed E-state index contributed by atoms with van der Waals surface area (Å²) >= 11 is 0. The number of hydrogen-bond acceptors (Lipinski definition) is 4. The Morgan fingerprint density at radius 3 is 2.75 bits per heavy atom. The maximum atomic E-state index is 12.9. The van der Waals surface area contributed by atoms with Crippen molar-refractivity contribution in [2.24, 2.45) is 46.3 Å². The maximum absolute atomic E-state index is 12.9. The van der Waals surface area contributed by atoms with E-state index < -0.39 is 0 Å². The first kappa shape index (κ1) is 19.0. The highest BCUT2D eigenvalue weighted by Crippen LogP contribution is 2.71. The minimum atomic E-state index is 0.125. The number of ether oxygens (including phenoxy) is 2. The molecule has 0 N–H and O–H groups in total. The summed E-state index contributed by atoms with van der Waals surface area (Å²) in [5, 5.41) is 0. The molecule has 0 aromatic heterocycles. The fraction of sp³-hybridized carbons (Fsp3) is 0.833. The zero-order valence-electron chi connectivity index (χ0n) is 17.5. The second-order valence-electron chi connectivity index (χ2n) is 10.6. The summed E-state index contributed by atoms with van der Waals surface area (Å²) < 4.78 is 10.3. The first-order chi connectivity index (χ1) is 13.4. The molecule has 4 saturated carbocycles. The average Bonchev–Trinajstić information content (AvgIpc) is 3.41. The van der Waals surface area contributed by atoms with Crippen LogP contribution in [0.3, 0.4) is 0 Å². The molecule has 154 valence electrons. The van der Waals surface area contributed by atoms with Crippen LogP contribution in [0.5, 0.6) is 0 Å². The van der Waals surface area contributed by atoms with Gasteiger partial charge >= 0.3 is 0 Å². The highest BCUT2D eigenvalue weighted by atomic mass is 16.7. The largest absolute Gasteiger partial charge is 0.359 e. The van der Waals surface area contributed by atoms with Gasteiger partial charge in [0.05, 0.1) is 0 Å². The van der Waals surface area contributed by atoms with Crippen molar-refractivity contribution in [3.8, 4) is 0 Å². The van der Waals surface area contributed by atoms with Gasteiger partial charge in [-0.25, -0.2) is 0 Å². The third kappa shape index (κ3) is 2.49. The summed E-state index contributed by atoms with van der Waals surface area (Å²) in [4.78, 5) is 25.2. The second kappa shape index (κ2) is 6.50. The van der Waals surface area contributed by atoms with Crippen LogP contribution in [0.15, 0.2) is 11.6 Å². The highest BCUT2D eigenvalue weighted by molar-refractivity contribution is 5.96. The van der Waals surface area contributed by atoms with Crippen molar-refractivity contribution in [2.45, 2.75) is 58.8 Å². The molecule has 0 aliphatic heterocycles. The van der Waals surface area contributed by atoms with Crippen LogP contribution in [0.25, 0.3) is 0 Å². The quantitative estimate of drug-likeness (QED) is 0.525. The number of fused-ring (bicyclic) bond motifs is 7. The molecule has 0 heterocycles. The number of rotatable bonds is 5. The van der Waals surface area contributed by atoms with E-state index in [9.17, 15) is 9.59 Å². The zero-order chi connectivity index (χ0) is 19.7. The van der Waals surface area contributed by atoms with Crippen LogP contribution < -0.4 is 0 Å². The van der Waals surface area contributed by atoms with E-state index in [0.717, 1.165) is 25.7 Å². The van der Waals surface area contributed by atoms with Gasteiger partial charge in [-0.15, -0.1) is 0 Å². The highest BCUT2D eigenvalue weighted by Gasteiger charge is 2.66. The lowest BCUT2D eigenvalue weighted by Crippen LogP contribution is -2.52. The molecule has 0 aromatic carbocycles. The van der Waals surface area contributed by atoms with Gasteiger partial charge in [0.2, 0.25) is 0 Å². The number of allylic oxidation sites excluding steroid dienone is 1. The molecule has 0 unspecified atom stereocenters. The molecule has 28 heavy (non-hydrogen) atoms. The van der Waals surface area contributed by atoms with Gasteiger partial charge in [-0.05, 0) is 85.5 Å². The molecule has 5 aliphatic rings. The van der Waals surface area contributed by atoms with E-state index in [-0.39, 0.29) is 35.9 Å². The van der Waals surface area contributed by atoms with Crippen molar-refractivity contribution in [3.05, 3.63) is 11.6 Å². The van der Waals surface area contributed by atoms with Crippen LogP contribution in [-0.2, 0) is 19.1 Å². The minimum absolute atomic E-state index is 0.125. The number of methoxy groups -OCH3 is 1. The molecule has 0 radical (unpaired) electrons. The molecular formula is C24H34O4. The Hall–Kier alpha value is -1.00. The van der Waals surface area contributed by atoms with Gasteiger partial charge in [0.15, 0.2) is 11.6 Å². The molecule has 5 aliphatic carbocycles. The summed E-state index contributed by atoms with van der Waals surface area (Å²) in [6.07, 6.45) is 10.0. The maximum Gasteiger partial charge on any atom is 0.162 e. The van der Waals surface area contributed by atoms with Crippen LogP contribution in [0.2, 0.25) is 0 Å². The summed E-state index contributed by atoms with van der Waals surface area (Å²) in [6, 6.07) is 0. The predicted octanol–water partition coefficient (Wildman–Crippen LogP) is 4.18. The molecule has 4 fully saturated rings. The number of carbonyl (C=O) groups excluding carboxylic acids is 2. The Bertz CT molecular complexity index is 726. The second-order valence-corrected chi connectivity index (χ2v) is 10.6. The van der Waals surface area contributed by atoms with E-state index in [0.29, 0.717) is 35.4 Å². The Kier molecular flexibility index (Phi) is 4.41. The molecular weight excluding hydrogens is 352 g/mol. The SMILES string of the molecule is COCOCC(=O)[C@H]1CC[C@H]2[C@@H]3CCC4=CC(=O)[C@@H]5C[C@@H]5[C@]4(C)[C@H]3CC[C@]12C. The minimum Gasteiger partial charge on any atom is -0.359 e. The fourth-order valence-electron chi connectivity index (χ4n) is 8.31. The predicted molar refractivity (Wildman–Crippen MR) is 105 cm³/mol. The van der Waals surface area contributed by atoms with Crippen LogP contribution in [-0.4, -0.2) is 32.1 Å². The van der Waals surface area contributed by atoms with Gasteiger partial charge in [-0.3, -0.25) is 9.59 Å². The topological polar surface area (TPSA) is 52.6 Å². The standard InChI is InChI=1S/C24H34O4/c1-23-9-8-18-15(17(23)6-7-19(23)22(26)12-28-13-27-3)5-4-14-10-21(25)16-11-20(16)24(14,18)2/h10,15-20H,4-9,11-13H2,1-3H3/t15-,16+,17-,18-,19+,20-,23-,24-/m0/s1. The number of carbonyl (C=O) groups is 2. The Labute approximate surface area is 168 Å². The van der Waals surface area contributed by atoms with Crippen molar-refractivity contribution >= 4 is 11.6 Å². The van der Waals surface area contributed by atoms with E-state index in [1.807, 2.05) is 6.08 Å². The average molecular weight is 387 g/mol. The fourth-order valence-corrected chi connectivity index (χ4v) is 8.31. The van der Waals surface area contributed by atoms with Crippen molar-refractivity contribution in [1.82, 2.24) is 0 Å². The summed E-state index contributed by atoms with van der Waals surface area (Å²) in [5.41, 5.74) is 1.83.